The second kappa shape index (κ2) is 5.83. The molecule has 0 fully saturated rings. The molecule has 0 aromatic heterocycles. The average Bonchev–Trinajstić information content (AvgIpc) is 2.36. The zero-order valence-electron chi connectivity index (χ0n) is 9.38. The van der Waals surface area contributed by atoms with Crippen LogP contribution < -0.4 is 5.32 Å². The monoisotopic (exact) mass is 393 g/mol. The lowest BCUT2D eigenvalue weighted by Crippen LogP contribution is -2.12. The van der Waals surface area contributed by atoms with Crippen molar-refractivity contribution in [3.8, 4) is 0 Å². The fraction of sp³-hybridized carbons (Fsp3) is 0. The summed E-state index contributed by atoms with van der Waals surface area (Å²) in [6, 6.07) is 8.04. The van der Waals surface area contributed by atoms with Crippen molar-refractivity contribution in [3.63, 3.8) is 0 Å². The van der Waals surface area contributed by atoms with Crippen LogP contribution >= 0.6 is 34.2 Å². The number of benzene rings is 2. The molecule has 2 aromatic carbocycles. The van der Waals surface area contributed by atoms with Crippen LogP contribution in [0.2, 0.25) is 5.02 Å². The molecule has 0 bridgehead atoms. The van der Waals surface area contributed by atoms with Crippen molar-refractivity contribution >= 4 is 45.8 Å². The smallest absolute Gasteiger partial charge is 0.255 e. The minimum atomic E-state index is -1.07. The molecule has 0 unspecified atom stereocenters. The number of carbonyl (C=O) groups excluding carboxylic acids is 1. The molecule has 0 aliphatic rings. The van der Waals surface area contributed by atoms with Gasteiger partial charge in [0.2, 0.25) is 0 Å². The van der Waals surface area contributed by atoms with Gasteiger partial charge in [0.15, 0.2) is 11.6 Å². The highest BCUT2D eigenvalue weighted by Crippen LogP contribution is 2.24. The average molecular weight is 394 g/mol. The predicted molar refractivity (Wildman–Crippen MR) is 78.5 cm³/mol. The summed E-state index contributed by atoms with van der Waals surface area (Å²) in [7, 11) is 0. The zero-order valence-corrected chi connectivity index (χ0v) is 12.3. The largest absolute Gasteiger partial charge is 0.321 e. The zero-order chi connectivity index (χ0) is 14.0. The number of anilines is 1. The highest BCUT2D eigenvalue weighted by molar-refractivity contribution is 14.1. The fourth-order valence-electron chi connectivity index (χ4n) is 1.42. The van der Waals surface area contributed by atoms with Crippen molar-refractivity contribution in [3.05, 3.63) is 62.2 Å². The Labute approximate surface area is 126 Å². The third-order valence-electron chi connectivity index (χ3n) is 2.36. The quantitative estimate of drug-likeness (QED) is 0.749. The van der Waals surface area contributed by atoms with Crippen LogP contribution in [0.5, 0.6) is 0 Å². The summed E-state index contributed by atoms with van der Waals surface area (Å²) < 4.78 is 26.7. The van der Waals surface area contributed by atoms with E-state index in [2.05, 4.69) is 27.9 Å². The predicted octanol–water partition coefficient (Wildman–Crippen LogP) is 4.48. The molecular formula is C13H7ClF2INO. The lowest BCUT2D eigenvalue weighted by molar-refractivity contribution is 0.102. The van der Waals surface area contributed by atoms with E-state index in [1.54, 1.807) is 18.2 Å². The van der Waals surface area contributed by atoms with Gasteiger partial charge in [-0.15, -0.1) is 0 Å². The molecule has 1 N–H and O–H groups in total. The number of rotatable bonds is 2. The number of halogens is 4. The van der Waals surface area contributed by atoms with E-state index in [4.69, 9.17) is 11.6 Å². The van der Waals surface area contributed by atoms with Crippen LogP contribution in [0, 0.1) is 15.2 Å². The minimum absolute atomic E-state index is 0.0218. The van der Waals surface area contributed by atoms with Crippen LogP contribution in [0.3, 0.4) is 0 Å². The Morgan fingerprint density at radius 3 is 2.47 bits per heavy atom. The van der Waals surface area contributed by atoms with Gasteiger partial charge in [-0.25, -0.2) is 8.78 Å². The van der Waals surface area contributed by atoms with Crippen molar-refractivity contribution in [1.82, 2.24) is 0 Å². The van der Waals surface area contributed by atoms with Crippen molar-refractivity contribution in [2.45, 2.75) is 0 Å². The van der Waals surface area contributed by atoms with E-state index >= 15 is 0 Å². The van der Waals surface area contributed by atoms with Crippen LogP contribution in [0.25, 0.3) is 0 Å². The van der Waals surface area contributed by atoms with Gasteiger partial charge in [0, 0.05) is 9.13 Å². The number of hydrogen-bond acceptors (Lipinski definition) is 1. The van der Waals surface area contributed by atoms with Crippen molar-refractivity contribution in [2.24, 2.45) is 0 Å². The van der Waals surface area contributed by atoms with E-state index in [0.29, 0.717) is 10.7 Å². The Morgan fingerprint density at radius 1 is 1.11 bits per heavy atom. The van der Waals surface area contributed by atoms with Crippen LogP contribution in [0.15, 0.2) is 36.4 Å². The Hall–Kier alpha value is -1.21. The molecule has 19 heavy (non-hydrogen) atoms. The molecule has 0 heterocycles. The van der Waals surface area contributed by atoms with Gasteiger partial charge in [-0.05, 0) is 59.0 Å². The SMILES string of the molecule is O=C(Nc1ccc(I)cc1Cl)c1ccc(F)c(F)c1. The third kappa shape index (κ3) is 3.42. The molecule has 0 aliphatic heterocycles. The first kappa shape index (κ1) is 14.2. The van der Waals surface area contributed by atoms with Gasteiger partial charge >= 0.3 is 0 Å². The summed E-state index contributed by atoms with van der Waals surface area (Å²) >= 11 is 8.05. The normalized spacial score (nSPS) is 10.3. The maximum absolute atomic E-state index is 13.0. The molecule has 0 aliphatic carbocycles. The summed E-state index contributed by atoms with van der Waals surface area (Å²) in [5, 5.41) is 2.91. The summed E-state index contributed by atoms with van der Waals surface area (Å²) in [5.74, 6) is -2.62. The Morgan fingerprint density at radius 2 is 1.84 bits per heavy atom. The van der Waals surface area contributed by atoms with Crippen molar-refractivity contribution in [2.75, 3.05) is 5.32 Å². The first-order valence-electron chi connectivity index (χ1n) is 5.19. The molecule has 2 aromatic rings. The molecule has 0 saturated heterocycles. The molecule has 0 saturated carbocycles. The summed E-state index contributed by atoms with van der Waals surface area (Å²) in [4.78, 5) is 11.9. The second-order valence-corrected chi connectivity index (χ2v) is 5.36. The first-order valence-corrected chi connectivity index (χ1v) is 6.64. The number of nitrogens with one attached hydrogen (secondary N) is 1. The van der Waals surface area contributed by atoms with Crippen LogP contribution in [-0.4, -0.2) is 5.91 Å². The molecule has 98 valence electrons. The third-order valence-corrected chi connectivity index (χ3v) is 3.34. The van der Waals surface area contributed by atoms with E-state index in [-0.39, 0.29) is 5.56 Å². The Kier molecular flexibility index (Phi) is 4.36. The highest BCUT2D eigenvalue weighted by Gasteiger charge is 2.11. The Balaban J connectivity index is 2.23. The van der Waals surface area contributed by atoms with Gasteiger partial charge in [0.1, 0.15) is 0 Å². The standard InChI is InChI=1S/C13H7ClF2INO/c14-9-6-8(17)2-4-12(9)18-13(19)7-1-3-10(15)11(16)5-7/h1-6H,(H,18,19). The van der Waals surface area contributed by atoms with Crippen LogP contribution in [0.1, 0.15) is 10.4 Å². The van der Waals surface area contributed by atoms with Gasteiger partial charge in [0.25, 0.3) is 5.91 Å². The molecule has 2 rings (SSSR count). The second-order valence-electron chi connectivity index (χ2n) is 3.71. The van der Waals surface area contributed by atoms with E-state index in [1.165, 1.54) is 6.07 Å². The summed E-state index contributed by atoms with van der Waals surface area (Å²) in [6.07, 6.45) is 0. The number of amides is 1. The molecule has 0 spiro atoms. The summed E-state index contributed by atoms with van der Waals surface area (Å²) in [5.41, 5.74) is 0.435. The van der Waals surface area contributed by atoms with Crippen molar-refractivity contribution < 1.29 is 13.6 Å². The number of hydrogen-bond donors (Lipinski definition) is 1. The first-order chi connectivity index (χ1) is 8.97. The number of carbonyl (C=O) groups is 1. The molecular weight excluding hydrogens is 387 g/mol. The van der Waals surface area contributed by atoms with Crippen LogP contribution in [-0.2, 0) is 0 Å². The highest BCUT2D eigenvalue weighted by atomic mass is 127. The molecule has 6 heteroatoms. The molecule has 0 radical (unpaired) electrons. The molecule has 0 atom stereocenters. The van der Waals surface area contributed by atoms with Crippen LogP contribution in [0.4, 0.5) is 14.5 Å². The lowest BCUT2D eigenvalue weighted by Gasteiger charge is -2.07. The summed E-state index contributed by atoms with van der Waals surface area (Å²) in [6.45, 7) is 0. The minimum Gasteiger partial charge on any atom is -0.321 e. The topological polar surface area (TPSA) is 29.1 Å². The van der Waals surface area contributed by atoms with Crippen molar-refractivity contribution in [1.29, 1.82) is 0 Å². The van der Waals surface area contributed by atoms with E-state index < -0.39 is 17.5 Å². The van der Waals surface area contributed by atoms with Gasteiger partial charge in [-0.3, -0.25) is 4.79 Å². The Bertz CT molecular complexity index is 649. The van der Waals surface area contributed by atoms with Gasteiger partial charge in [-0.2, -0.15) is 0 Å². The van der Waals surface area contributed by atoms with Gasteiger partial charge in [-0.1, -0.05) is 11.6 Å². The van der Waals surface area contributed by atoms with E-state index in [9.17, 15) is 13.6 Å². The molecule has 2 nitrogen and oxygen atoms in total. The van der Waals surface area contributed by atoms with E-state index in [0.717, 1.165) is 15.7 Å². The van der Waals surface area contributed by atoms with E-state index in [1.807, 2.05) is 0 Å². The fourth-order valence-corrected chi connectivity index (χ4v) is 2.33. The lowest BCUT2D eigenvalue weighted by atomic mass is 10.2. The molecule has 1 amide bonds. The van der Waals surface area contributed by atoms with Gasteiger partial charge in [0.05, 0.1) is 10.7 Å². The maximum Gasteiger partial charge on any atom is 0.255 e. The van der Waals surface area contributed by atoms with Gasteiger partial charge < -0.3 is 5.32 Å². The maximum atomic E-state index is 13.0.